The molecule has 3 aliphatic rings. The second kappa shape index (κ2) is 9.66. The number of para-hydroxylation sites is 1. The van der Waals surface area contributed by atoms with Crippen molar-refractivity contribution in [2.45, 2.75) is 19.1 Å². The van der Waals surface area contributed by atoms with Crippen molar-refractivity contribution in [3.8, 4) is 11.5 Å². The Morgan fingerprint density at radius 2 is 1.59 bits per heavy atom. The Bertz CT molecular complexity index is 1570. The molecule has 7 heteroatoms. The summed E-state index contributed by atoms with van der Waals surface area (Å²) < 4.78 is 14.3. The molecule has 7 nitrogen and oxygen atoms in total. The van der Waals surface area contributed by atoms with Gasteiger partial charge >= 0.3 is 0 Å². The molecule has 39 heavy (non-hydrogen) atoms. The maximum Gasteiger partial charge on any atom is 0.277 e. The summed E-state index contributed by atoms with van der Waals surface area (Å²) in [6.45, 7) is 1.82. The number of nitrogens with zero attached hydrogens (tertiary/aromatic N) is 3. The fourth-order valence-electron chi connectivity index (χ4n) is 5.79. The number of rotatable bonds is 4. The number of pyridine rings is 1. The molecule has 4 aromatic rings. The first-order chi connectivity index (χ1) is 19.2. The zero-order valence-corrected chi connectivity index (χ0v) is 21.5. The summed E-state index contributed by atoms with van der Waals surface area (Å²) >= 11 is 0. The van der Waals surface area contributed by atoms with Crippen molar-refractivity contribution in [3.05, 3.63) is 130 Å². The lowest BCUT2D eigenvalue weighted by atomic mass is 9.97. The monoisotopic (exact) mass is 519 g/mol. The molecule has 2 aliphatic heterocycles. The lowest BCUT2D eigenvalue weighted by Gasteiger charge is -2.44. The molecule has 1 aromatic heterocycles. The molecule has 0 spiro atoms. The Morgan fingerprint density at radius 3 is 2.41 bits per heavy atom. The van der Waals surface area contributed by atoms with E-state index < -0.39 is 0 Å². The van der Waals surface area contributed by atoms with Crippen molar-refractivity contribution in [2.75, 3.05) is 24.8 Å². The third kappa shape index (κ3) is 4.34. The van der Waals surface area contributed by atoms with Crippen molar-refractivity contribution in [1.29, 1.82) is 0 Å². The Morgan fingerprint density at radius 1 is 0.846 bits per heavy atom. The number of hydrogen-bond acceptors (Lipinski definition) is 5. The maximum atomic E-state index is 14.0. The highest BCUT2D eigenvalue weighted by molar-refractivity contribution is 5.96. The van der Waals surface area contributed by atoms with Gasteiger partial charge in [-0.15, -0.1) is 0 Å². The van der Waals surface area contributed by atoms with E-state index in [0.717, 1.165) is 28.9 Å². The van der Waals surface area contributed by atoms with Crippen LogP contribution in [0.25, 0.3) is 0 Å². The normalized spacial score (nSPS) is 21.5. The molecule has 2 bridgehead atoms. The predicted octanol–water partition coefficient (Wildman–Crippen LogP) is 4.60. The highest BCUT2D eigenvalue weighted by Gasteiger charge is 2.44. The molecule has 0 radical (unpaired) electrons. The molecule has 7 rings (SSSR count). The Labute approximate surface area is 226 Å². The molecule has 1 fully saturated rings. The molecule has 196 valence electrons. The highest BCUT2D eigenvalue weighted by atomic mass is 16.5. The van der Waals surface area contributed by atoms with E-state index in [2.05, 4.69) is 23.2 Å². The Kier molecular flexibility index (Phi) is 5.84. The van der Waals surface area contributed by atoms with Crippen molar-refractivity contribution in [3.63, 3.8) is 0 Å². The molecule has 3 heterocycles. The Balaban J connectivity index is 1.41. The molecular weight excluding hydrogens is 490 g/mol. The van der Waals surface area contributed by atoms with Gasteiger partial charge in [-0.3, -0.25) is 19.3 Å². The van der Waals surface area contributed by atoms with Crippen LogP contribution in [0.15, 0.2) is 102 Å². The third-order valence-electron chi connectivity index (χ3n) is 7.95. The van der Waals surface area contributed by atoms with E-state index in [0.29, 0.717) is 31.7 Å². The van der Waals surface area contributed by atoms with Gasteiger partial charge in [0, 0.05) is 24.4 Å². The van der Waals surface area contributed by atoms with Crippen molar-refractivity contribution in [1.82, 2.24) is 9.58 Å². The van der Waals surface area contributed by atoms with Gasteiger partial charge in [0.05, 0.1) is 6.61 Å². The van der Waals surface area contributed by atoms with E-state index in [1.54, 1.807) is 6.20 Å². The molecule has 3 atom stereocenters. The van der Waals surface area contributed by atoms with Crippen LogP contribution in [0.1, 0.15) is 39.6 Å². The van der Waals surface area contributed by atoms with E-state index in [9.17, 15) is 9.59 Å². The molecule has 3 unspecified atom stereocenters. The molecule has 1 aliphatic carbocycles. The average molecular weight is 520 g/mol. The molecule has 1 saturated carbocycles. The summed E-state index contributed by atoms with van der Waals surface area (Å²) in [5, 5.41) is 2.14. The minimum absolute atomic E-state index is 0.0830. The molecule has 3 aromatic carbocycles. The standard InChI is InChI=1S/C32H29N3O4/c36-27-15-16-34-30(31(27)39-19-22-9-3-1-4-10-22)32(37)33-18-24-17-25(24)20-38-28-14-8-7-13-26(28)29(35(34)21-33)23-11-5-2-6-12-23/h1-16,24-25,29H,17-21H2. The summed E-state index contributed by atoms with van der Waals surface area (Å²) in [5.41, 5.74) is 2.95. The zero-order chi connectivity index (χ0) is 26.3. The number of benzene rings is 3. The summed E-state index contributed by atoms with van der Waals surface area (Å²) in [6, 6.07) is 29.2. The van der Waals surface area contributed by atoms with Crippen molar-refractivity contribution in [2.24, 2.45) is 11.8 Å². The highest BCUT2D eigenvalue weighted by Crippen LogP contribution is 2.43. The number of carbonyl (C=O) groups excluding carboxylic acids is 1. The van der Waals surface area contributed by atoms with Gasteiger partial charge in [0.1, 0.15) is 25.1 Å². The molecule has 0 N–H and O–H groups in total. The van der Waals surface area contributed by atoms with Crippen LogP contribution in [-0.4, -0.2) is 35.3 Å². The summed E-state index contributed by atoms with van der Waals surface area (Å²) in [5.74, 6) is 1.51. The van der Waals surface area contributed by atoms with Crippen LogP contribution >= 0.6 is 0 Å². The largest absolute Gasteiger partial charge is 0.493 e. The van der Waals surface area contributed by atoms with Crippen LogP contribution in [0, 0.1) is 11.8 Å². The van der Waals surface area contributed by atoms with Crippen LogP contribution in [0.3, 0.4) is 0 Å². The van der Waals surface area contributed by atoms with Crippen molar-refractivity contribution < 1.29 is 14.3 Å². The SMILES string of the molecule is O=C1c2c(OCc3ccccc3)c(=O)ccn2N2CN1CC1CC1COc1ccccc1C2c1ccccc1. The second-order valence-corrected chi connectivity index (χ2v) is 10.5. The third-order valence-corrected chi connectivity index (χ3v) is 7.95. The Hall–Kier alpha value is -4.52. The summed E-state index contributed by atoms with van der Waals surface area (Å²) in [7, 11) is 0. The van der Waals surface area contributed by atoms with Gasteiger partial charge in [0.2, 0.25) is 5.43 Å². The summed E-state index contributed by atoms with van der Waals surface area (Å²) in [4.78, 5) is 29.1. The minimum Gasteiger partial charge on any atom is -0.493 e. The smallest absolute Gasteiger partial charge is 0.277 e. The van der Waals surface area contributed by atoms with Gasteiger partial charge < -0.3 is 14.4 Å². The average Bonchev–Trinajstić information content (AvgIpc) is 3.72. The number of ether oxygens (including phenoxy) is 2. The fourth-order valence-corrected chi connectivity index (χ4v) is 5.79. The van der Waals surface area contributed by atoms with Crippen LogP contribution < -0.4 is 19.9 Å². The number of fused-ring (bicyclic) bond motifs is 6. The van der Waals surface area contributed by atoms with E-state index in [4.69, 9.17) is 9.47 Å². The van der Waals surface area contributed by atoms with Gasteiger partial charge in [-0.1, -0.05) is 78.9 Å². The topological polar surface area (TPSA) is 64.0 Å². The van der Waals surface area contributed by atoms with Crippen molar-refractivity contribution >= 4 is 5.91 Å². The van der Waals surface area contributed by atoms with Gasteiger partial charge in [0.15, 0.2) is 11.4 Å². The first kappa shape index (κ1) is 23.6. The van der Waals surface area contributed by atoms with Crippen LogP contribution in [0.4, 0.5) is 0 Å². The lowest BCUT2D eigenvalue weighted by molar-refractivity contribution is 0.0664. The molecular formula is C32H29N3O4. The van der Waals surface area contributed by atoms with Gasteiger partial charge in [-0.2, -0.15) is 0 Å². The molecule has 0 saturated heterocycles. The first-order valence-electron chi connectivity index (χ1n) is 13.4. The minimum atomic E-state index is -0.305. The first-order valence-corrected chi connectivity index (χ1v) is 13.4. The van der Waals surface area contributed by atoms with Crippen LogP contribution in [0.5, 0.6) is 11.5 Å². The predicted molar refractivity (Wildman–Crippen MR) is 147 cm³/mol. The zero-order valence-electron chi connectivity index (χ0n) is 21.5. The summed E-state index contributed by atoms with van der Waals surface area (Å²) in [6.07, 6.45) is 2.72. The number of carbonyl (C=O) groups is 1. The number of amides is 1. The van der Waals surface area contributed by atoms with E-state index >= 15 is 0 Å². The maximum absolute atomic E-state index is 14.0. The van der Waals surface area contributed by atoms with E-state index in [1.165, 1.54) is 6.07 Å². The van der Waals surface area contributed by atoms with Gasteiger partial charge in [-0.25, -0.2) is 0 Å². The van der Waals surface area contributed by atoms with E-state index in [1.807, 2.05) is 76.3 Å². The molecule has 1 amide bonds. The van der Waals surface area contributed by atoms with Gasteiger partial charge in [-0.05, 0) is 35.4 Å². The van der Waals surface area contributed by atoms with Crippen LogP contribution in [-0.2, 0) is 6.61 Å². The quantitative estimate of drug-likeness (QED) is 0.395. The van der Waals surface area contributed by atoms with E-state index in [-0.39, 0.29) is 35.4 Å². The lowest BCUT2D eigenvalue weighted by Crippen LogP contribution is -2.56. The fraction of sp³-hybridized carbons (Fsp3) is 0.250. The van der Waals surface area contributed by atoms with Crippen LogP contribution in [0.2, 0.25) is 0 Å². The second-order valence-electron chi connectivity index (χ2n) is 10.5. The number of aromatic nitrogens is 1. The number of hydrogen-bond donors (Lipinski definition) is 0. The van der Waals surface area contributed by atoms with Gasteiger partial charge in [0.25, 0.3) is 5.91 Å².